The Bertz CT molecular complexity index is 1520. The van der Waals surface area contributed by atoms with Crippen molar-refractivity contribution in [3.05, 3.63) is 106 Å². The van der Waals surface area contributed by atoms with Crippen LogP contribution in [0.5, 0.6) is 0 Å². The fourth-order valence-electron chi connectivity index (χ4n) is 3.77. The fourth-order valence-corrected chi connectivity index (χ4v) is 5.07. The van der Waals surface area contributed by atoms with Gasteiger partial charge in [0.05, 0.1) is 22.3 Å². The molecule has 0 bridgehead atoms. The molecule has 0 atom stereocenters. The van der Waals surface area contributed by atoms with Gasteiger partial charge in [-0.2, -0.15) is 12.8 Å². The molecule has 8 heteroatoms. The third-order valence-corrected chi connectivity index (χ3v) is 7.07. The smallest absolute Gasteiger partial charge is 0.283 e. The van der Waals surface area contributed by atoms with Crippen LogP contribution < -0.4 is 10.4 Å². The normalized spacial score (nSPS) is 14.5. The molecule has 0 fully saturated rings. The summed E-state index contributed by atoms with van der Waals surface area (Å²) >= 11 is 0. The molecule has 172 valence electrons. The first-order valence-corrected chi connectivity index (χ1v) is 11.9. The number of anilines is 1. The number of aromatic carboxylic acids is 1. The number of nitrogens with one attached hydrogen (secondary N) is 1. The molecule has 0 unspecified atom stereocenters. The SMILES string of the molecule is Cc1cc(C)c(S(=O)(=O)N=C2C=C(Nc3cccc(C(=O)[O-])c3)C(=O)c3ccccc32)cc1C. The van der Waals surface area contributed by atoms with Gasteiger partial charge in [-0.05, 0) is 67.3 Å². The second-order valence-electron chi connectivity index (χ2n) is 8.08. The minimum atomic E-state index is -4.09. The summed E-state index contributed by atoms with van der Waals surface area (Å²) < 4.78 is 30.6. The Kier molecular flexibility index (Phi) is 5.93. The number of carbonyl (C=O) groups is 2. The number of allylic oxidation sites excluding steroid dienone is 2. The van der Waals surface area contributed by atoms with E-state index in [1.165, 1.54) is 24.3 Å². The highest BCUT2D eigenvalue weighted by Gasteiger charge is 2.27. The van der Waals surface area contributed by atoms with Gasteiger partial charge < -0.3 is 15.2 Å². The highest BCUT2D eigenvalue weighted by atomic mass is 32.2. The van der Waals surface area contributed by atoms with E-state index in [-0.39, 0.29) is 33.2 Å². The molecule has 0 aromatic heterocycles. The molecule has 1 N–H and O–H groups in total. The van der Waals surface area contributed by atoms with Gasteiger partial charge in [-0.15, -0.1) is 0 Å². The Hall–Kier alpha value is -4.04. The maximum atomic E-state index is 13.3. The molecular formula is C26H21N2O5S-. The Labute approximate surface area is 197 Å². The van der Waals surface area contributed by atoms with Gasteiger partial charge >= 0.3 is 0 Å². The predicted molar refractivity (Wildman–Crippen MR) is 128 cm³/mol. The maximum absolute atomic E-state index is 13.3. The van der Waals surface area contributed by atoms with Gasteiger partial charge in [0.25, 0.3) is 10.0 Å². The molecule has 0 heterocycles. The second kappa shape index (κ2) is 8.72. The molecule has 1 aliphatic carbocycles. The molecule has 3 aromatic carbocycles. The Balaban J connectivity index is 1.83. The van der Waals surface area contributed by atoms with Crippen molar-refractivity contribution in [3.8, 4) is 0 Å². The van der Waals surface area contributed by atoms with E-state index in [0.717, 1.165) is 11.1 Å². The number of carboxylic acid groups (broad SMARTS) is 1. The lowest BCUT2D eigenvalue weighted by Gasteiger charge is -2.19. The monoisotopic (exact) mass is 473 g/mol. The number of aryl methyl sites for hydroxylation is 3. The van der Waals surface area contributed by atoms with E-state index in [2.05, 4.69) is 9.71 Å². The number of hydrogen-bond acceptors (Lipinski definition) is 6. The minimum Gasteiger partial charge on any atom is -0.545 e. The zero-order chi connectivity index (χ0) is 24.6. The minimum absolute atomic E-state index is 0.0593. The van der Waals surface area contributed by atoms with E-state index in [1.807, 2.05) is 13.8 Å². The van der Waals surface area contributed by atoms with Crippen LogP contribution in [0.2, 0.25) is 0 Å². The first-order chi connectivity index (χ1) is 16.1. The van der Waals surface area contributed by atoms with E-state index in [0.29, 0.717) is 16.8 Å². The molecule has 3 aromatic rings. The molecule has 0 spiro atoms. The number of nitrogens with zero attached hydrogens (tertiary/aromatic N) is 1. The van der Waals surface area contributed by atoms with Crippen molar-refractivity contribution >= 4 is 33.2 Å². The number of ketones is 1. The van der Waals surface area contributed by atoms with Crippen molar-refractivity contribution in [2.45, 2.75) is 25.7 Å². The number of hydrogen-bond donors (Lipinski definition) is 1. The van der Waals surface area contributed by atoms with Gasteiger partial charge in [0, 0.05) is 16.8 Å². The molecule has 0 aliphatic heterocycles. The Morgan fingerprint density at radius 2 is 1.56 bits per heavy atom. The summed E-state index contributed by atoms with van der Waals surface area (Å²) in [4.78, 5) is 24.4. The average molecular weight is 474 g/mol. The molecule has 34 heavy (non-hydrogen) atoms. The number of rotatable bonds is 5. The Morgan fingerprint density at radius 3 is 2.26 bits per heavy atom. The maximum Gasteiger partial charge on any atom is 0.283 e. The van der Waals surface area contributed by atoms with Gasteiger partial charge in [0.2, 0.25) is 5.78 Å². The van der Waals surface area contributed by atoms with Crippen molar-refractivity contribution in [3.63, 3.8) is 0 Å². The first-order valence-electron chi connectivity index (χ1n) is 10.4. The van der Waals surface area contributed by atoms with E-state index < -0.39 is 16.0 Å². The third-order valence-electron chi connectivity index (χ3n) is 5.64. The zero-order valence-corrected chi connectivity index (χ0v) is 19.6. The van der Waals surface area contributed by atoms with Crippen LogP contribution in [-0.2, 0) is 10.0 Å². The number of carbonyl (C=O) groups excluding carboxylic acids is 2. The molecule has 0 saturated heterocycles. The van der Waals surface area contributed by atoms with Gasteiger partial charge in [0.15, 0.2) is 0 Å². The van der Waals surface area contributed by atoms with Crippen LogP contribution in [0.1, 0.15) is 43.0 Å². The average Bonchev–Trinajstić information content (AvgIpc) is 2.79. The standard InChI is InChI=1S/C26H22N2O5S/c1-15-11-17(3)24(12-16(15)2)34(32,33)28-22-14-23(25(29)21-10-5-4-9-20(21)22)27-19-8-6-7-18(13-19)26(30)31/h4-14,27H,1-3H3,(H,30,31)/p-1. The highest BCUT2D eigenvalue weighted by Crippen LogP contribution is 2.27. The quantitative estimate of drug-likeness (QED) is 0.608. The molecule has 1 aliphatic rings. The number of carboxylic acids is 1. The number of Topliss-reactive ketones (excluding diaryl/α,β-unsaturated/α-hetero) is 1. The zero-order valence-electron chi connectivity index (χ0n) is 18.7. The predicted octanol–water partition coefficient (Wildman–Crippen LogP) is 3.35. The largest absolute Gasteiger partial charge is 0.545 e. The van der Waals surface area contributed by atoms with Crippen LogP contribution in [0, 0.1) is 20.8 Å². The van der Waals surface area contributed by atoms with Gasteiger partial charge in [-0.25, -0.2) is 0 Å². The number of benzene rings is 3. The van der Waals surface area contributed by atoms with Crippen molar-refractivity contribution in [2.24, 2.45) is 4.40 Å². The van der Waals surface area contributed by atoms with Gasteiger partial charge in [-0.1, -0.05) is 42.5 Å². The van der Waals surface area contributed by atoms with Gasteiger partial charge in [-0.3, -0.25) is 4.79 Å². The lowest BCUT2D eigenvalue weighted by atomic mass is 9.92. The lowest BCUT2D eigenvalue weighted by molar-refractivity contribution is -0.255. The van der Waals surface area contributed by atoms with Crippen molar-refractivity contribution < 1.29 is 23.1 Å². The van der Waals surface area contributed by atoms with Crippen LogP contribution in [0.3, 0.4) is 0 Å². The molecule has 0 radical (unpaired) electrons. The third kappa shape index (κ3) is 4.40. The molecular weight excluding hydrogens is 452 g/mol. The number of fused-ring (bicyclic) bond motifs is 1. The summed E-state index contributed by atoms with van der Waals surface area (Å²) in [5, 5.41) is 14.1. The lowest BCUT2D eigenvalue weighted by Crippen LogP contribution is -2.24. The molecule has 0 amide bonds. The van der Waals surface area contributed by atoms with Crippen LogP contribution in [0.15, 0.2) is 81.7 Å². The van der Waals surface area contributed by atoms with Crippen LogP contribution in [0.25, 0.3) is 0 Å². The molecule has 7 nitrogen and oxygen atoms in total. The summed E-state index contributed by atoms with van der Waals surface area (Å²) in [6.45, 7) is 5.45. The topological polar surface area (TPSA) is 116 Å². The summed E-state index contributed by atoms with van der Waals surface area (Å²) in [7, 11) is -4.09. The van der Waals surface area contributed by atoms with Crippen LogP contribution in [-0.4, -0.2) is 25.9 Å². The molecule has 4 rings (SSSR count). The van der Waals surface area contributed by atoms with Crippen LogP contribution in [0.4, 0.5) is 5.69 Å². The second-order valence-corrected chi connectivity index (χ2v) is 9.65. The van der Waals surface area contributed by atoms with Crippen molar-refractivity contribution in [1.82, 2.24) is 0 Å². The van der Waals surface area contributed by atoms with Crippen molar-refractivity contribution in [1.29, 1.82) is 0 Å². The Morgan fingerprint density at radius 1 is 0.882 bits per heavy atom. The summed E-state index contributed by atoms with van der Waals surface area (Å²) in [5.41, 5.74) is 3.52. The number of sulfonamides is 1. The van der Waals surface area contributed by atoms with Crippen molar-refractivity contribution in [2.75, 3.05) is 5.32 Å². The van der Waals surface area contributed by atoms with Crippen LogP contribution >= 0.6 is 0 Å². The highest BCUT2D eigenvalue weighted by molar-refractivity contribution is 7.90. The van der Waals surface area contributed by atoms with Gasteiger partial charge in [0.1, 0.15) is 0 Å². The first kappa shape index (κ1) is 23.1. The fraction of sp³-hybridized carbons (Fsp3) is 0.115. The van der Waals surface area contributed by atoms with E-state index in [4.69, 9.17) is 0 Å². The van der Waals surface area contributed by atoms with E-state index in [9.17, 15) is 23.1 Å². The molecule has 0 saturated carbocycles. The van der Waals surface area contributed by atoms with E-state index in [1.54, 1.807) is 49.4 Å². The summed E-state index contributed by atoms with van der Waals surface area (Å²) in [6, 6.07) is 15.8. The van der Waals surface area contributed by atoms with E-state index >= 15 is 0 Å². The summed E-state index contributed by atoms with van der Waals surface area (Å²) in [5.74, 6) is -1.72. The summed E-state index contributed by atoms with van der Waals surface area (Å²) in [6.07, 6.45) is 1.37.